The van der Waals surface area contributed by atoms with Crippen molar-refractivity contribution in [2.75, 3.05) is 19.7 Å². The van der Waals surface area contributed by atoms with Crippen molar-refractivity contribution in [2.24, 2.45) is 0 Å². The van der Waals surface area contributed by atoms with Gasteiger partial charge in [0.25, 0.3) is 0 Å². The highest BCUT2D eigenvalue weighted by Gasteiger charge is 2.34. The highest BCUT2D eigenvalue weighted by molar-refractivity contribution is 9.11. The molecule has 0 bridgehead atoms. The van der Waals surface area contributed by atoms with E-state index in [1.54, 1.807) is 12.1 Å². The van der Waals surface area contributed by atoms with E-state index in [9.17, 15) is 13.2 Å². The number of hydrogen-bond donors (Lipinski definition) is 1. The molecule has 1 aliphatic heterocycles. The molecule has 0 aromatic heterocycles. The Balaban J connectivity index is 2.32. The first-order valence-corrected chi connectivity index (χ1v) is 8.64. The van der Waals surface area contributed by atoms with Gasteiger partial charge >= 0.3 is 5.97 Å². The van der Waals surface area contributed by atoms with E-state index in [0.29, 0.717) is 4.47 Å². The summed E-state index contributed by atoms with van der Waals surface area (Å²) in [6.07, 6.45) is -1.13. The second kappa shape index (κ2) is 6.10. The predicted molar refractivity (Wildman–Crippen MR) is 78.0 cm³/mol. The van der Waals surface area contributed by atoms with E-state index in [1.807, 2.05) is 0 Å². The Morgan fingerprint density at radius 1 is 1.40 bits per heavy atom. The largest absolute Gasteiger partial charge is 0.479 e. The van der Waals surface area contributed by atoms with Gasteiger partial charge in [-0.2, -0.15) is 4.31 Å². The summed E-state index contributed by atoms with van der Waals surface area (Å²) in [5, 5.41) is 8.92. The van der Waals surface area contributed by atoms with Crippen LogP contribution < -0.4 is 0 Å². The number of morpholine rings is 1. The summed E-state index contributed by atoms with van der Waals surface area (Å²) in [6, 6.07) is 4.71. The summed E-state index contributed by atoms with van der Waals surface area (Å²) >= 11 is 6.46. The van der Waals surface area contributed by atoms with Gasteiger partial charge in [-0.15, -0.1) is 0 Å². The third-order valence-electron chi connectivity index (χ3n) is 2.82. The van der Waals surface area contributed by atoms with Gasteiger partial charge in [-0.05, 0) is 34.1 Å². The minimum atomic E-state index is -3.75. The highest BCUT2D eigenvalue weighted by Crippen LogP contribution is 2.28. The molecule has 1 aliphatic rings. The Morgan fingerprint density at radius 3 is 2.70 bits per heavy atom. The van der Waals surface area contributed by atoms with Crippen LogP contribution in [0, 0.1) is 0 Å². The minimum Gasteiger partial charge on any atom is -0.479 e. The second-order valence-corrected chi connectivity index (χ2v) is 7.81. The van der Waals surface area contributed by atoms with Crippen molar-refractivity contribution in [1.82, 2.24) is 4.31 Å². The molecule has 20 heavy (non-hydrogen) atoms. The molecule has 1 aromatic rings. The maximum Gasteiger partial charge on any atom is 0.334 e. The normalized spacial score (nSPS) is 20.8. The zero-order valence-electron chi connectivity index (χ0n) is 10.1. The molecular weight excluding hydrogens is 418 g/mol. The lowest BCUT2D eigenvalue weighted by Gasteiger charge is -2.30. The summed E-state index contributed by atoms with van der Waals surface area (Å²) in [6.45, 7) is -0.000862. The molecule has 9 heteroatoms. The van der Waals surface area contributed by atoms with Crippen LogP contribution in [0.1, 0.15) is 0 Å². The standard InChI is InChI=1S/C11H11Br2NO5S/c12-7-1-2-10(8(13)5-7)20(17,18)14-3-4-19-9(6-14)11(15)16/h1-2,5,9H,3-4,6H2,(H,15,16). The van der Waals surface area contributed by atoms with Crippen LogP contribution in [0.3, 0.4) is 0 Å². The number of halogens is 2. The topological polar surface area (TPSA) is 83.9 Å². The Morgan fingerprint density at radius 2 is 2.10 bits per heavy atom. The van der Waals surface area contributed by atoms with Crippen LogP contribution in [-0.2, 0) is 19.6 Å². The average Bonchev–Trinajstić information content (AvgIpc) is 2.38. The lowest BCUT2D eigenvalue weighted by molar-refractivity contribution is -0.153. The van der Waals surface area contributed by atoms with E-state index in [1.165, 1.54) is 6.07 Å². The number of carbonyl (C=O) groups is 1. The van der Waals surface area contributed by atoms with Gasteiger partial charge in [-0.1, -0.05) is 15.9 Å². The molecule has 1 saturated heterocycles. The fourth-order valence-electron chi connectivity index (χ4n) is 1.82. The number of ether oxygens (including phenoxy) is 1. The summed E-state index contributed by atoms with van der Waals surface area (Å²) in [5.74, 6) is -1.17. The van der Waals surface area contributed by atoms with Gasteiger partial charge in [0.15, 0.2) is 6.10 Å². The molecule has 1 fully saturated rings. The molecule has 0 saturated carbocycles. The first-order valence-electron chi connectivity index (χ1n) is 5.62. The van der Waals surface area contributed by atoms with Crippen LogP contribution in [0.4, 0.5) is 0 Å². The van der Waals surface area contributed by atoms with Crippen molar-refractivity contribution in [3.8, 4) is 0 Å². The van der Waals surface area contributed by atoms with Gasteiger partial charge in [-0.25, -0.2) is 13.2 Å². The van der Waals surface area contributed by atoms with E-state index in [2.05, 4.69) is 31.9 Å². The highest BCUT2D eigenvalue weighted by atomic mass is 79.9. The number of rotatable bonds is 3. The van der Waals surface area contributed by atoms with Gasteiger partial charge < -0.3 is 9.84 Å². The fraction of sp³-hybridized carbons (Fsp3) is 0.364. The lowest BCUT2D eigenvalue weighted by Crippen LogP contribution is -2.48. The first kappa shape index (κ1) is 15.9. The van der Waals surface area contributed by atoms with E-state index in [0.717, 1.165) is 8.78 Å². The molecule has 0 spiro atoms. The molecule has 0 radical (unpaired) electrons. The molecule has 110 valence electrons. The Labute approximate surface area is 133 Å². The van der Waals surface area contributed by atoms with Gasteiger partial charge in [0, 0.05) is 15.5 Å². The third-order valence-corrected chi connectivity index (χ3v) is 6.15. The van der Waals surface area contributed by atoms with Gasteiger partial charge in [0.05, 0.1) is 18.0 Å². The molecule has 6 nitrogen and oxygen atoms in total. The number of carboxylic acid groups (broad SMARTS) is 1. The first-order chi connectivity index (χ1) is 9.32. The predicted octanol–water partition coefficient (Wildman–Crippen LogP) is 1.69. The molecule has 2 rings (SSSR count). The van der Waals surface area contributed by atoms with E-state index in [-0.39, 0.29) is 24.6 Å². The molecule has 1 heterocycles. The van der Waals surface area contributed by atoms with Crippen LogP contribution in [0.2, 0.25) is 0 Å². The number of hydrogen-bond acceptors (Lipinski definition) is 4. The van der Waals surface area contributed by atoms with E-state index >= 15 is 0 Å². The summed E-state index contributed by atoms with van der Waals surface area (Å²) < 4.78 is 32.4. The second-order valence-electron chi connectivity index (χ2n) is 4.14. The minimum absolute atomic E-state index is 0.0599. The van der Waals surface area contributed by atoms with Crippen LogP contribution in [0.15, 0.2) is 32.0 Å². The summed E-state index contributed by atoms with van der Waals surface area (Å²) in [4.78, 5) is 11.0. The van der Waals surface area contributed by atoms with Crippen molar-refractivity contribution in [3.63, 3.8) is 0 Å². The van der Waals surface area contributed by atoms with Gasteiger partial charge in [0.2, 0.25) is 10.0 Å². The monoisotopic (exact) mass is 427 g/mol. The van der Waals surface area contributed by atoms with Crippen molar-refractivity contribution in [1.29, 1.82) is 0 Å². The average molecular weight is 429 g/mol. The Bertz CT molecular complexity index is 634. The number of nitrogens with zero attached hydrogens (tertiary/aromatic N) is 1. The number of sulfonamides is 1. The van der Waals surface area contributed by atoms with Crippen molar-refractivity contribution in [3.05, 3.63) is 27.1 Å². The van der Waals surface area contributed by atoms with Crippen LogP contribution in [0.5, 0.6) is 0 Å². The number of aliphatic carboxylic acids is 1. The molecule has 1 unspecified atom stereocenters. The molecule has 0 aliphatic carbocycles. The maximum atomic E-state index is 12.5. The summed E-state index contributed by atoms with van der Waals surface area (Å²) in [5.41, 5.74) is 0. The number of carboxylic acids is 1. The Kier molecular flexibility index (Phi) is 4.85. The van der Waals surface area contributed by atoms with Crippen molar-refractivity contribution < 1.29 is 23.1 Å². The zero-order chi connectivity index (χ0) is 14.9. The smallest absolute Gasteiger partial charge is 0.334 e. The molecule has 1 N–H and O–H groups in total. The maximum absolute atomic E-state index is 12.5. The SMILES string of the molecule is O=C(O)C1CN(S(=O)(=O)c2ccc(Br)cc2Br)CCO1. The van der Waals surface area contributed by atoms with Crippen LogP contribution >= 0.6 is 31.9 Å². The van der Waals surface area contributed by atoms with Crippen LogP contribution in [0.25, 0.3) is 0 Å². The van der Waals surface area contributed by atoms with Gasteiger partial charge in [0.1, 0.15) is 0 Å². The fourth-order valence-corrected chi connectivity index (χ4v) is 4.95. The Hall–Kier alpha value is -0.480. The molecular formula is C11H11Br2NO5S. The van der Waals surface area contributed by atoms with Gasteiger partial charge in [-0.3, -0.25) is 0 Å². The van der Waals surface area contributed by atoms with Crippen LogP contribution in [-0.4, -0.2) is 49.6 Å². The quantitative estimate of drug-likeness (QED) is 0.791. The van der Waals surface area contributed by atoms with Crippen molar-refractivity contribution >= 4 is 47.9 Å². The zero-order valence-corrected chi connectivity index (χ0v) is 14.1. The third kappa shape index (κ3) is 3.22. The molecule has 0 amide bonds. The number of benzene rings is 1. The molecule has 1 aromatic carbocycles. The van der Waals surface area contributed by atoms with Crippen molar-refractivity contribution in [2.45, 2.75) is 11.0 Å². The van der Waals surface area contributed by atoms with E-state index in [4.69, 9.17) is 9.84 Å². The lowest BCUT2D eigenvalue weighted by atomic mass is 10.3. The van der Waals surface area contributed by atoms with E-state index < -0.39 is 22.1 Å². The molecule has 1 atom stereocenters. The summed E-state index contributed by atoms with van der Waals surface area (Å²) in [7, 11) is -3.75.